The van der Waals surface area contributed by atoms with E-state index in [1.165, 1.54) is 0 Å². The van der Waals surface area contributed by atoms with Gasteiger partial charge in [-0.15, -0.1) is 0 Å². The van der Waals surface area contributed by atoms with Gasteiger partial charge in [-0.05, 0) is 51.5 Å². The molecule has 0 heterocycles. The summed E-state index contributed by atoms with van der Waals surface area (Å²) in [5.41, 5.74) is 1.92. The molecule has 0 saturated heterocycles. The van der Waals surface area contributed by atoms with Crippen molar-refractivity contribution in [2.75, 3.05) is 13.2 Å². The molecular weight excluding hydrogens is 328 g/mol. The molecule has 0 atom stereocenters. The second-order valence-electron chi connectivity index (χ2n) is 6.94. The summed E-state index contributed by atoms with van der Waals surface area (Å²) in [6, 6.07) is 14.5. The van der Waals surface area contributed by atoms with Crippen molar-refractivity contribution in [2.24, 2.45) is 5.41 Å². The van der Waals surface area contributed by atoms with Crippen molar-refractivity contribution in [3.8, 4) is 5.75 Å². The highest BCUT2D eigenvalue weighted by atomic mass is 16.6. The second kappa shape index (κ2) is 8.65. The van der Waals surface area contributed by atoms with Crippen molar-refractivity contribution < 1.29 is 19.1 Å². The standard InChI is InChI=1S/C22H26O4/c1-5-22(3,4)21(24)26-15-14-25-19-12-10-18(11-13-19)20(23)17-8-6-16(2)7-9-17/h6-13H,5,14-15H2,1-4H3. The molecule has 26 heavy (non-hydrogen) atoms. The van der Waals surface area contributed by atoms with E-state index in [9.17, 15) is 9.59 Å². The van der Waals surface area contributed by atoms with Crippen molar-refractivity contribution in [1.29, 1.82) is 0 Å². The third kappa shape index (κ3) is 5.19. The third-order valence-corrected chi connectivity index (χ3v) is 4.45. The highest BCUT2D eigenvalue weighted by Gasteiger charge is 2.26. The van der Waals surface area contributed by atoms with Crippen molar-refractivity contribution in [3.05, 3.63) is 65.2 Å². The normalized spacial score (nSPS) is 11.1. The maximum atomic E-state index is 12.4. The predicted octanol–water partition coefficient (Wildman–Crippen LogP) is 4.58. The smallest absolute Gasteiger partial charge is 0.311 e. The van der Waals surface area contributed by atoms with Gasteiger partial charge in [0.25, 0.3) is 0 Å². The molecule has 0 N–H and O–H groups in total. The summed E-state index contributed by atoms with van der Waals surface area (Å²) in [5.74, 6) is 0.395. The van der Waals surface area contributed by atoms with Gasteiger partial charge in [0.2, 0.25) is 0 Å². The molecule has 0 fully saturated rings. The average Bonchev–Trinajstić information content (AvgIpc) is 2.65. The summed E-state index contributed by atoms with van der Waals surface area (Å²) in [4.78, 5) is 24.3. The average molecular weight is 354 g/mol. The van der Waals surface area contributed by atoms with Crippen LogP contribution < -0.4 is 4.74 Å². The molecule has 138 valence electrons. The van der Waals surface area contributed by atoms with Crippen LogP contribution in [0.3, 0.4) is 0 Å². The minimum Gasteiger partial charge on any atom is -0.490 e. The number of carbonyl (C=O) groups is 2. The highest BCUT2D eigenvalue weighted by Crippen LogP contribution is 2.21. The molecule has 4 nitrogen and oxygen atoms in total. The lowest BCUT2D eigenvalue weighted by atomic mass is 9.91. The number of hydrogen-bond acceptors (Lipinski definition) is 4. The molecule has 2 rings (SSSR count). The zero-order valence-electron chi connectivity index (χ0n) is 15.9. The fourth-order valence-electron chi connectivity index (χ4n) is 2.21. The predicted molar refractivity (Wildman–Crippen MR) is 102 cm³/mol. The number of esters is 1. The molecule has 0 radical (unpaired) electrons. The Bertz CT molecular complexity index is 743. The number of benzene rings is 2. The van der Waals surface area contributed by atoms with Gasteiger partial charge in [-0.25, -0.2) is 0 Å². The fraction of sp³-hybridized carbons (Fsp3) is 0.364. The molecule has 0 bridgehead atoms. The molecule has 0 spiro atoms. The quantitative estimate of drug-likeness (QED) is 0.395. The molecule has 0 amide bonds. The van der Waals surface area contributed by atoms with E-state index in [1.54, 1.807) is 24.3 Å². The van der Waals surface area contributed by atoms with Gasteiger partial charge in [0.1, 0.15) is 19.0 Å². The molecule has 2 aromatic rings. The van der Waals surface area contributed by atoms with Gasteiger partial charge in [-0.1, -0.05) is 36.8 Å². The summed E-state index contributed by atoms with van der Waals surface area (Å²) < 4.78 is 10.8. The number of ketones is 1. The Hall–Kier alpha value is -2.62. The molecule has 0 aliphatic carbocycles. The maximum absolute atomic E-state index is 12.4. The zero-order chi connectivity index (χ0) is 19.2. The van der Waals surface area contributed by atoms with Gasteiger partial charge in [-0.2, -0.15) is 0 Å². The minimum absolute atomic E-state index is 0.0210. The number of hydrogen-bond donors (Lipinski definition) is 0. The van der Waals surface area contributed by atoms with E-state index in [0.717, 1.165) is 12.0 Å². The molecule has 0 aromatic heterocycles. The number of aryl methyl sites for hydroxylation is 1. The van der Waals surface area contributed by atoms with E-state index in [0.29, 0.717) is 16.9 Å². The van der Waals surface area contributed by atoms with E-state index in [1.807, 2.05) is 52.0 Å². The Balaban J connectivity index is 1.85. The first kappa shape index (κ1) is 19.7. The summed E-state index contributed by atoms with van der Waals surface area (Å²) in [5, 5.41) is 0. The van der Waals surface area contributed by atoms with Gasteiger partial charge < -0.3 is 9.47 Å². The summed E-state index contributed by atoms with van der Waals surface area (Å²) in [6.45, 7) is 8.14. The van der Waals surface area contributed by atoms with E-state index in [4.69, 9.17) is 9.47 Å². The monoisotopic (exact) mass is 354 g/mol. The second-order valence-corrected chi connectivity index (χ2v) is 6.94. The minimum atomic E-state index is -0.474. The molecule has 2 aromatic carbocycles. The molecular formula is C22H26O4. The van der Waals surface area contributed by atoms with E-state index in [-0.39, 0.29) is 25.0 Å². The summed E-state index contributed by atoms with van der Waals surface area (Å²) in [7, 11) is 0. The van der Waals surface area contributed by atoms with Crippen molar-refractivity contribution in [2.45, 2.75) is 34.1 Å². The van der Waals surface area contributed by atoms with Crippen LogP contribution in [-0.2, 0) is 9.53 Å². The molecule has 0 saturated carbocycles. The first-order valence-corrected chi connectivity index (χ1v) is 8.85. The van der Waals surface area contributed by atoms with Crippen molar-refractivity contribution >= 4 is 11.8 Å². The van der Waals surface area contributed by atoms with Crippen LogP contribution >= 0.6 is 0 Å². The fourth-order valence-corrected chi connectivity index (χ4v) is 2.21. The largest absolute Gasteiger partial charge is 0.490 e. The maximum Gasteiger partial charge on any atom is 0.311 e. The Labute approximate surface area is 155 Å². The van der Waals surface area contributed by atoms with Crippen LogP contribution in [0.15, 0.2) is 48.5 Å². The Morgan fingerprint density at radius 3 is 1.96 bits per heavy atom. The van der Waals surface area contributed by atoms with Crippen LogP contribution in [-0.4, -0.2) is 25.0 Å². The Morgan fingerprint density at radius 1 is 0.885 bits per heavy atom. The third-order valence-electron chi connectivity index (χ3n) is 4.45. The molecule has 0 aliphatic heterocycles. The van der Waals surface area contributed by atoms with Gasteiger partial charge in [0.15, 0.2) is 5.78 Å². The van der Waals surface area contributed by atoms with E-state index >= 15 is 0 Å². The molecule has 0 aliphatic rings. The van der Waals surface area contributed by atoms with Gasteiger partial charge >= 0.3 is 5.97 Å². The van der Waals surface area contributed by atoms with Gasteiger partial charge in [0, 0.05) is 11.1 Å². The number of ether oxygens (including phenoxy) is 2. The lowest BCUT2D eigenvalue weighted by Gasteiger charge is -2.20. The zero-order valence-corrected chi connectivity index (χ0v) is 15.9. The SMILES string of the molecule is CCC(C)(C)C(=O)OCCOc1ccc(C(=O)c2ccc(C)cc2)cc1. The molecule has 4 heteroatoms. The van der Waals surface area contributed by atoms with Crippen molar-refractivity contribution in [1.82, 2.24) is 0 Å². The van der Waals surface area contributed by atoms with Crippen LogP contribution in [0.4, 0.5) is 0 Å². The molecule has 0 unspecified atom stereocenters. The van der Waals surface area contributed by atoms with E-state index < -0.39 is 5.41 Å². The Morgan fingerprint density at radius 2 is 1.42 bits per heavy atom. The van der Waals surface area contributed by atoms with E-state index in [2.05, 4.69) is 0 Å². The van der Waals surface area contributed by atoms with Crippen LogP contribution in [0.5, 0.6) is 5.75 Å². The lowest BCUT2D eigenvalue weighted by Crippen LogP contribution is -2.27. The lowest BCUT2D eigenvalue weighted by molar-refractivity contribution is -0.154. The highest BCUT2D eigenvalue weighted by molar-refractivity contribution is 6.09. The van der Waals surface area contributed by atoms with Crippen LogP contribution in [0.2, 0.25) is 0 Å². The van der Waals surface area contributed by atoms with Gasteiger partial charge in [0.05, 0.1) is 5.41 Å². The first-order valence-electron chi connectivity index (χ1n) is 8.85. The Kier molecular flexibility index (Phi) is 6.56. The number of rotatable bonds is 8. The van der Waals surface area contributed by atoms with Gasteiger partial charge in [-0.3, -0.25) is 9.59 Å². The summed E-state index contributed by atoms with van der Waals surface area (Å²) in [6.07, 6.45) is 0.725. The van der Waals surface area contributed by atoms with Crippen LogP contribution in [0, 0.1) is 12.3 Å². The first-order chi connectivity index (χ1) is 12.3. The van der Waals surface area contributed by atoms with Crippen molar-refractivity contribution in [3.63, 3.8) is 0 Å². The van der Waals surface area contributed by atoms with Crippen LogP contribution in [0.25, 0.3) is 0 Å². The topological polar surface area (TPSA) is 52.6 Å². The summed E-state index contributed by atoms with van der Waals surface area (Å²) >= 11 is 0. The van der Waals surface area contributed by atoms with Crippen LogP contribution in [0.1, 0.15) is 48.7 Å². The number of carbonyl (C=O) groups excluding carboxylic acids is 2.